The van der Waals surface area contributed by atoms with Gasteiger partial charge < -0.3 is 10.1 Å². The van der Waals surface area contributed by atoms with E-state index in [9.17, 15) is 13.2 Å². The number of nitrogens with one attached hydrogen (secondary N) is 1. The summed E-state index contributed by atoms with van der Waals surface area (Å²) in [7, 11) is 1.64. The Bertz CT molecular complexity index is 1290. The SMILES string of the molecule is C\C=C/C(=C\C(=C\CC)C(F)(F)F)c1cc2n(n1)CCCC2Nc1nccc2c(OC)cccc12. The summed E-state index contributed by atoms with van der Waals surface area (Å²) in [6.45, 7) is 4.19. The van der Waals surface area contributed by atoms with Gasteiger partial charge in [0.05, 0.1) is 30.1 Å². The number of alkyl halides is 3. The lowest BCUT2D eigenvalue weighted by molar-refractivity contribution is -0.0883. The standard InChI is InChI=1S/C27H29F3N4O/c1-4-8-18(16-19(9-5-2)27(28,29)30)23-17-24-22(11-7-15-34(24)33-23)32-26-21-10-6-12-25(35-3)20(21)13-14-31-26/h4,6,8-10,12-14,16-17,22H,5,7,11,15H2,1-3H3,(H,31,32)/b8-4-,18-16+,19-9-. The molecule has 3 heterocycles. The van der Waals surface area contributed by atoms with Gasteiger partial charge in [-0.15, -0.1) is 0 Å². The lowest BCUT2D eigenvalue weighted by Gasteiger charge is -2.25. The van der Waals surface area contributed by atoms with E-state index in [2.05, 4.69) is 15.4 Å². The molecule has 1 aliphatic rings. The summed E-state index contributed by atoms with van der Waals surface area (Å²) in [5, 5.41) is 10.1. The van der Waals surface area contributed by atoms with Crippen LogP contribution >= 0.6 is 0 Å². The number of hydrogen-bond donors (Lipinski definition) is 1. The third kappa shape index (κ3) is 5.26. The number of anilines is 1. The molecule has 0 saturated carbocycles. The number of pyridine rings is 1. The molecule has 2 aromatic heterocycles. The average molecular weight is 483 g/mol. The molecule has 0 aliphatic carbocycles. The smallest absolute Gasteiger partial charge is 0.416 e. The average Bonchev–Trinajstić information content (AvgIpc) is 3.28. The summed E-state index contributed by atoms with van der Waals surface area (Å²) in [5.41, 5.74) is 1.21. The molecule has 0 radical (unpaired) electrons. The van der Waals surface area contributed by atoms with Crippen molar-refractivity contribution in [3.8, 4) is 5.75 Å². The lowest BCUT2D eigenvalue weighted by Crippen LogP contribution is -2.22. The molecule has 0 amide bonds. The minimum absolute atomic E-state index is 0.0746. The number of hydrogen-bond acceptors (Lipinski definition) is 4. The Morgan fingerprint density at radius 3 is 2.80 bits per heavy atom. The van der Waals surface area contributed by atoms with E-state index < -0.39 is 11.7 Å². The predicted molar refractivity (Wildman–Crippen MR) is 133 cm³/mol. The molecule has 1 unspecified atom stereocenters. The predicted octanol–water partition coefficient (Wildman–Crippen LogP) is 7.25. The van der Waals surface area contributed by atoms with E-state index >= 15 is 0 Å². The highest BCUT2D eigenvalue weighted by molar-refractivity contribution is 5.96. The fourth-order valence-electron chi connectivity index (χ4n) is 4.44. The van der Waals surface area contributed by atoms with Gasteiger partial charge in [-0.3, -0.25) is 4.68 Å². The number of halogens is 3. The normalized spacial score (nSPS) is 17.1. The number of aromatic nitrogens is 3. The van der Waals surface area contributed by atoms with Crippen LogP contribution in [0.1, 0.15) is 50.5 Å². The first-order valence-corrected chi connectivity index (χ1v) is 11.7. The van der Waals surface area contributed by atoms with Gasteiger partial charge in [-0.2, -0.15) is 18.3 Å². The number of aryl methyl sites for hydroxylation is 1. The Kier molecular flexibility index (Phi) is 7.28. The Labute approximate surface area is 203 Å². The van der Waals surface area contributed by atoms with Crippen molar-refractivity contribution in [3.05, 3.63) is 77.8 Å². The highest BCUT2D eigenvalue weighted by Gasteiger charge is 2.32. The van der Waals surface area contributed by atoms with Gasteiger partial charge in [-0.05, 0) is 50.5 Å². The van der Waals surface area contributed by atoms with Gasteiger partial charge in [0.1, 0.15) is 11.6 Å². The molecule has 1 atom stereocenters. The number of fused-ring (bicyclic) bond motifs is 2. The molecular formula is C27H29F3N4O. The molecule has 0 saturated heterocycles. The monoisotopic (exact) mass is 482 g/mol. The Hall–Kier alpha value is -3.55. The van der Waals surface area contributed by atoms with Crippen LogP contribution in [-0.2, 0) is 6.54 Å². The van der Waals surface area contributed by atoms with Crippen molar-refractivity contribution in [2.75, 3.05) is 12.4 Å². The van der Waals surface area contributed by atoms with Crippen molar-refractivity contribution in [2.45, 2.75) is 51.9 Å². The van der Waals surface area contributed by atoms with Crippen LogP contribution in [0.3, 0.4) is 0 Å². The number of nitrogens with zero attached hydrogens (tertiary/aromatic N) is 3. The van der Waals surface area contributed by atoms with Crippen LogP contribution in [0.15, 0.2) is 66.4 Å². The van der Waals surface area contributed by atoms with E-state index in [0.717, 1.165) is 40.9 Å². The number of ether oxygens (including phenoxy) is 1. The number of rotatable bonds is 7. The molecule has 1 aromatic carbocycles. The fourth-order valence-corrected chi connectivity index (χ4v) is 4.44. The van der Waals surface area contributed by atoms with Gasteiger partial charge in [0.15, 0.2) is 0 Å². The van der Waals surface area contributed by atoms with Gasteiger partial charge in [0.25, 0.3) is 0 Å². The van der Waals surface area contributed by atoms with E-state index in [1.54, 1.807) is 39.3 Å². The van der Waals surface area contributed by atoms with Crippen LogP contribution < -0.4 is 10.1 Å². The van der Waals surface area contributed by atoms with Crippen molar-refractivity contribution < 1.29 is 17.9 Å². The summed E-state index contributed by atoms with van der Waals surface area (Å²) in [4.78, 5) is 4.56. The van der Waals surface area contributed by atoms with Gasteiger partial charge in [-0.1, -0.05) is 37.3 Å². The molecule has 3 aromatic rings. The number of methoxy groups -OCH3 is 1. The maximum atomic E-state index is 13.5. The minimum atomic E-state index is -4.42. The lowest BCUT2D eigenvalue weighted by atomic mass is 10.0. The molecule has 5 nitrogen and oxygen atoms in total. The molecule has 1 aliphatic heterocycles. The molecular weight excluding hydrogens is 453 g/mol. The summed E-state index contributed by atoms with van der Waals surface area (Å²) in [5.74, 6) is 1.50. The molecule has 4 rings (SSSR count). The summed E-state index contributed by atoms with van der Waals surface area (Å²) < 4.78 is 48.0. The van der Waals surface area contributed by atoms with E-state index in [1.165, 1.54) is 12.2 Å². The Morgan fingerprint density at radius 2 is 2.09 bits per heavy atom. The van der Waals surface area contributed by atoms with Crippen molar-refractivity contribution in [1.29, 1.82) is 0 Å². The zero-order valence-electron chi connectivity index (χ0n) is 20.1. The quantitative estimate of drug-likeness (QED) is 0.361. The highest BCUT2D eigenvalue weighted by atomic mass is 19.4. The second kappa shape index (κ2) is 10.4. The summed E-state index contributed by atoms with van der Waals surface area (Å²) in [6, 6.07) is 9.55. The molecule has 8 heteroatoms. The van der Waals surface area contributed by atoms with E-state index in [4.69, 9.17) is 4.74 Å². The first-order valence-electron chi connectivity index (χ1n) is 11.7. The van der Waals surface area contributed by atoms with Crippen LogP contribution in [0.4, 0.5) is 19.0 Å². The van der Waals surface area contributed by atoms with Crippen molar-refractivity contribution in [2.24, 2.45) is 0 Å². The summed E-state index contributed by atoms with van der Waals surface area (Å²) in [6.07, 6.45) is 5.15. The zero-order chi connectivity index (χ0) is 25.0. The Morgan fingerprint density at radius 1 is 1.26 bits per heavy atom. The van der Waals surface area contributed by atoms with Crippen LogP contribution in [0.25, 0.3) is 16.3 Å². The van der Waals surface area contributed by atoms with E-state index in [1.807, 2.05) is 35.0 Å². The number of benzene rings is 1. The third-order valence-corrected chi connectivity index (χ3v) is 6.03. The van der Waals surface area contributed by atoms with Crippen LogP contribution in [0.2, 0.25) is 0 Å². The first-order chi connectivity index (χ1) is 16.9. The van der Waals surface area contributed by atoms with E-state index in [0.29, 0.717) is 24.2 Å². The second-order valence-corrected chi connectivity index (χ2v) is 8.40. The largest absolute Gasteiger partial charge is 0.496 e. The first kappa shape index (κ1) is 24.6. The molecule has 0 spiro atoms. The Balaban J connectivity index is 1.71. The van der Waals surface area contributed by atoms with Gasteiger partial charge in [0, 0.05) is 29.1 Å². The summed E-state index contributed by atoms with van der Waals surface area (Å²) >= 11 is 0. The third-order valence-electron chi connectivity index (χ3n) is 6.03. The van der Waals surface area contributed by atoms with Gasteiger partial charge in [0.2, 0.25) is 0 Å². The van der Waals surface area contributed by atoms with Crippen molar-refractivity contribution in [1.82, 2.24) is 14.8 Å². The zero-order valence-corrected chi connectivity index (χ0v) is 20.1. The second-order valence-electron chi connectivity index (χ2n) is 8.40. The van der Waals surface area contributed by atoms with Crippen molar-refractivity contribution in [3.63, 3.8) is 0 Å². The van der Waals surface area contributed by atoms with Crippen LogP contribution in [0, 0.1) is 0 Å². The molecule has 184 valence electrons. The minimum Gasteiger partial charge on any atom is -0.496 e. The maximum absolute atomic E-state index is 13.5. The topological polar surface area (TPSA) is 52.0 Å². The highest BCUT2D eigenvalue weighted by Crippen LogP contribution is 2.35. The van der Waals surface area contributed by atoms with Crippen LogP contribution in [-0.4, -0.2) is 28.1 Å². The molecule has 0 bridgehead atoms. The van der Waals surface area contributed by atoms with E-state index in [-0.39, 0.29) is 6.04 Å². The number of allylic oxidation sites excluding steroid dienone is 6. The molecule has 1 N–H and O–H groups in total. The van der Waals surface area contributed by atoms with Crippen molar-refractivity contribution >= 4 is 22.2 Å². The fraction of sp³-hybridized carbons (Fsp3) is 0.333. The van der Waals surface area contributed by atoms with Crippen LogP contribution in [0.5, 0.6) is 5.75 Å². The maximum Gasteiger partial charge on any atom is 0.416 e. The molecule has 0 fully saturated rings. The molecule has 35 heavy (non-hydrogen) atoms. The van der Waals surface area contributed by atoms with Gasteiger partial charge >= 0.3 is 6.18 Å². The van der Waals surface area contributed by atoms with Gasteiger partial charge in [-0.25, -0.2) is 4.98 Å².